The van der Waals surface area contributed by atoms with Crippen LogP contribution in [0.15, 0.2) is 0 Å². The summed E-state index contributed by atoms with van der Waals surface area (Å²) in [5, 5.41) is 11.0. The third-order valence-electron chi connectivity index (χ3n) is 5.92. The van der Waals surface area contributed by atoms with E-state index in [1.165, 1.54) is 19.3 Å². The van der Waals surface area contributed by atoms with E-state index in [1.807, 2.05) is 6.92 Å². The molecule has 5 unspecified atom stereocenters. The molecule has 5 atom stereocenters. The average molecular weight is 225 g/mol. The van der Waals surface area contributed by atoms with E-state index < -0.39 is 5.60 Å². The second-order valence-corrected chi connectivity index (χ2v) is 6.40. The molecule has 2 bridgehead atoms. The Morgan fingerprint density at radius 2 is 2.19 bits per heavy atom. The molecule has 0 heterocycles. The summed E-state index contributed by atoms with van der Waals surface area (Å²) in [6.07, 6.45) is 6.15. The van der Waals surface area contributed by atoms with Crippen LogP contribution >= 0.6 is 0 Å². The monoisotopic (exact) mass is 225 g/mol. The molecule has 2 aliphatic rings. The Hall–Kier alpha value is -0.0800. The van der Waals surface area contributed by atoms with Crippen molar-refractivity contribution in [2.24, 2.45) is 28.9 Å². The van der Waals surface area contributed by atoms with Crippen molar-refractivity contribution in [2.75, 3.05) is 6.54 Å². The number of nitrogens with two attached hydrogens (primary N) is 1. The Balaban J connectivity index is 2.28. The molecular formula is C14H27NO. The Labute approximate surface area is 99.6 Å². The summed E-state index contributed by atoms with van der Waals surface area (Å²) in [6.45, 7) is 7.03. The van der Waals surface area contributed by atoms with Gasteiger partial charge in [-0.05, 0) is 43.9 Å². The zero-order chi connectivity index (χ0) is 12.0. The van der Waals surface area contributed by atoms with E-state index >= 15 is 0 Å². The summed E-state index contributed by atoms with van der Waals surface area (Å²) in [5.41, 5.74) is 5.49. The lowest BCUT2D eigenvalue weighted by molar-refractivity contribution is -0.131. The maximum atomic E-state index is 11.0. The molecule has 0 aromatic rings. The molecule has 2 rings (SSSR count). The van der Waals surface area contributed by atoms with Gasteiger partial charge in [0.05, 0.1) is 5.60 Å². The Morgan fingerprint density at radius 1 is 1.50 bits per heavy atom. The molecule has 0 spiro atoms. The maximum Gasteiger partial charge on any atom is 0.0715 e. The molecular weight excluding hydrogens is 198 g/mol. The van der Waals surface area contributed by atoms with Crippen LogP contribution in [0.3, 0.4) is 0 Å². The first-order chi connectivity index (χ1) is 7.48. The van der Waals surface area contributed by atoms with E-state index in [-0.39, 0.29) is 5.41 Å². The number of rotatable bonds is 4. The van der Waals surface area contributed by atoms with E-state index in [1.54, 1.807) is 0 Å². The summed E-state index contributed by atoms with van der Waals surface area (Å²) in [7, 11) is 0. The number of aliphatic hydroxyl groups is 1. The van der Waals surface area contributed by atoms with Crippen molar-refractivity contribution in [3.8, 4) is 0 Å². The molecule has 94 valence electrons. The molecule has 0 amide bonds. The van der Waals surface area contributed by atoms with Crippen molar-refractivity contribution >= 4 is 0 Å². The molecule has 0 aromatic carbocycles. The lowest BCUT2D eigenvalue weighted by atomic mass is 9.59. The van der Waals surface area contributed by atoms with Crippen LogP contribution in [0.4, 0.5) is 0 Å². The molecule has 0 aromatic heterocycles. The van der Waals surface area contributed by atoms with Crippen LogP contribution in [-0.4, -0.2) is 17.3 Å². The highest BCUT2D eigenvalue weighted by atomic mass is 16.3. The highest BCUT2D eigenvalue weighted by Gasteiger charge is 2.59. The van der Waals surface area contributed by atoms with Gasteiger partial charge in [0.25, 0.3) is 0 Å². The van der Waals surface area contributed by atoms with Crippen LogP contribution < -0.4 is 5.73 Å². The van der Waals surface area contributed by atoms with Crippen molar-refractivity contribution in [1.82, 2.24) is 0 Å². The highest BCUT2D eigenvalue weighted by molar-refractivity contribution is 5.10. The highest BCUT2D eigenvalue weighted by Crippen LogP contribution is 2.61. The van der Waals surface area contributed by atoms with Crippen molar-refractivity contribution in [2.45, 2.75) is 58.5 Å². The van der Waals surface area contributed by atoms with Crippen molar-refractivity contribution in [1.29, 1.82) is 0 Å². The summed E-state index contributed by atoms with van der Waals surface area (Å²) in [5.74, 6) is 1.85. The molecule has 0 saturated heterocycles. The molecule has 2 aliphatic carbocycles. The number of hydrogen-bond donors (Lipinski definition) is 2. The molecule has 2 fully saturated rings. The number of fused-ring (bicyclic) bond motifs is 2. The van der Waals surface area contributed by atoms with Gasteiger partial charge in [0.15, 0.2) is 0 Å². The van der Waals surface area contributed by atoms with Gasteiger partial charge in [0.1, 0.15) is 0 Å². The van der Waals surface area contributed by atoms with Crippen molar-refractivity contribution in [3.63, 3.8) is 0 Å². The number of hydrogen-bond acceptors (Lipinski definition) is 2. The minimum atomic E-state index is -0.587. The third-order valence-corrected chi connectivity index (χ3v) is 5.92. The molecule has 2 nitrogen and oxygen atoms in total. The molecule has 16 heavy (non-hydrogen) atoms. The van der Waals surface area contributed by atoms with Crippen molar-refractivity contribution in [3.05, 3.63) is 0 Å². The van der Waals surface area contributed by atoms with Crippen LogP contribution in [0.25, 0.3) is 0 Å². The van der Waals surface area contributed by atoms with Crippen LogP contribution in [0.5, 0.6) is 0 Å². The predicted molar refractivity (Wildman–Crippen MR) is 67.0 cm³/mol. The van der Waals surface area contributed by atoms with E-state index in [0.29, 0.717) is 18.4 Å². The van der Waals surface area contributed by atoms with Crippen molar-refractivity contribution < 1.29 is 5.11 Å². The van der Waals surface area contributed by atoms with E-state index in [2.05, 4.69) is 13.8 Å². The van der Waals surface area contributed by atoms with E-state index in [9.17, 15) is 5.11 Å². The summed E-state index contributed by atoms with van der Waals surface area (Å²) in [6, 6.07) is 0. The summed E-state index contributed by atoms with van der Waals surface area (Å²) in [4.78, 5) is 0. The fourth-order valence-electron chi connectivity index (χ4n) is 4.41. The average Bonchev–Trinajstić information content (AvgIpc) is 2.87. The summed E-state index contributed by atoms with van der Waals surface area (Å²) < 4.78 is 0. The third kappa shape index (κ3) is 1.46. The smallest absolute Gasteiger partial charge is 0.0715 e. The SMILES string of the molecule is CCC(C)C(C)(O)C1(CN)CC2CCC1C2. The fourth-order valence-corrected chi connectivity index (χ4v) is 4.41. The lowest BCUT2D eigenvalue weighted by Gasteiger charge is -2.51. The standard InChI is InChI=1S/C14H27NO/c1-4-10(2)13(3,16)14(9-15)8-11-5-6-12(14)7-11/h10-12,16H,4-9,15H2,1-3H3. The van der Waals surface area contributed by atoms with Gasteiger partial charge in [-0.2, -0.15) is 0 Å². The van der Waals surface area contributed by atoms with Crippen LogP contribution in [0.2, 0.25) is 0 Å². The zero-order valence-electron chi connectivity index (χ0n) is 11.0. The Kier molecular flexibility index (Phi) is 3.09. The molecule has 3 N–H and O–H groups in total. The van der Waals surface area contributed by atoms with Gasteiger partial charge < -0.3 is 10.8 Å². The first kappa shape index (κ1) is 12.4. The Morgan fingerprint density at radius 3 is 2.56 bits per heavy atom. The molecule has 0 radical (unpaired) electrons. The van der Waals surface area contributed by atoms with Gasteiger partial charge in [0, 0.05) is 12.0 Å². The van der Waals surface area contributed by atoms with Crippen LogP contribution in [-0.2, 0) is 0 Å². The lowest BCUT2D eigenvalue weighted by Crippen LogP contribution is -2.57. The largest absolute Gasteiger partial charge is 0.389 e. The normalized spacial score (nSPS) is 43.3. The van der Waals surface area contributed by atoms with Gasteiger partial charge in [0.2, 0.25) is 0 Å². The molecule has 2 heteroatoms. The first-order valence-electron chi connectivity index (χ1n) is 6.90. The predicted octanol–water partition coefficient (Wildman–Crippen LogP) is 2.55. The maximum absolute atomic E-state index is 11.0. The fraction of sp³-hybridized carbons (Fsp3) is 1.00. The minimum Gasteiger partial charge on any atom is -0.389 e. The van der Waals surface area contributed by atoms with Gasteiger partial charge in [-0.15, -0.1) is 0 Å². The molecule has 2 saturated carbocycles. The molecule has 0 aliphatic heterocycles. The topological polar surface area (TPSA) is 46.2 Å². The second-order valence-electron chi connectivity index (χ2n) is 6.40. The van der Waals surface area contributed by atoms with Gasteiger partial charge in [-0.3, -0.25) is 0 Å². The first-order valence-corrected chi connectivity index (χ1v) is 6.90. The van der Waals surface area contributed by atoms with Gasteiger partial charge >= 0.3 is 0 Å². The summed E-state index contributed by atoms with van der Waals surface area (Å²) >= 11 is 0. The van der Waals surface area contributed by atoms with E-state index in [0.717, 1.165) is 18.8 Å². The second kappa shape index (κ2) is 3.99. The van der Waals surface area contributed by atoms with Gasteiger partial charge in [-0.1, -0.05) is 26.7 Å². The van der Waals surface area contributed by atoms with Crippen LogP contribution in [0.1, 0.15) is 52.9 Å². The van der Waals surface area contributed by atoms with Crippen LogP contribution in [0, 0.1) is 23.2 Å². The zero-order valence-corrected chi connectivity index (χ0v) is 11.0. The Bertz CT molecular complexity index is 263. The van der Waals surface area contributed by atoms with E-state index in [4.69, 9.17) is 5.73 Å². The minimum absolute atomic E-state index is 0.00530. The van der Waals surface area contributed by atoms with Gasteiger partial charge in [-0.25, -0.2) is 0 Å². The quantitative estimate of drug-likeness (QED) is 0.772.